The summed E-state index contributed by atoms with van der Waals surface area (Å²) in [6.07, 6.45) is 3.88. The lowest BCUT2D eigenvalue weighted by atomic mass is 10.2. The van der Waals surface area contributed by atoms with Crippen LogP contribution in [0.3, 0.4) is 0 Å². The molecular formula is C16H29IN4S. The molecule has 22 heavy (non-hydrogen) atoms. The Balaban J connectivity index is 0.00000242. The minimum atomic E-state index is 0. The van der Waals surface area contributed by atoms with Gasteiger partial charge in [0.05, 0.1) is 12.2 Å². The third-order valence-electron chi connectivity index (χ3n) is 3.78. The van der Waals surface area contributed by atoms with E-state index in [1.54, 1.807) is 11.3 Å². The minimum Gasteiger partial charge on any atom is -0.357 e. The maximum atomic E-state index is 4.67. The molecular weight excluding hydrogens is 407 g/mol. The van der Waals surface area contributed by atoms with E-state index in [0.717, 1.165) is 23.4 Å². The van der Waals surface area contributed by atoms with Gasteiger partial charge in [-0.05, 0) is 31.6 Å². The number of nitrogens with one attached hydrogen (secondary N) is 2. The van der Waals surface area contributed by atoms with Crippen LogP contribution in [0, 0.1) is 5.92 Å². The zero-order chi connectivity index (χ0) is 15.2. The molecule has 1 aliphatic carbocycles. The molecule has 2 N–H and O–H groups in total. The van der Waals surface area contributed by atoms with Gasteiger partial charge in [-0.3, -0.25) is 0 Å². The summed E-state index contributed by atoms with van der Waals surface area (Å²) in [6.45, 7) is 10.3. The fourth-order valence-corrected chi connectivity index (χ4v) is 3.30. The first kappa shape index (κ1) is 19.7. The summed E-state index contributed by atoms with van der Waals surface area (Å²) in [6, 6.07) is 0.616. The van der Waals surface area contributed by atoms with Crippen LogP contribution in [0.2, 0.25) is 0 Å². The van der Waals surface area contributed by atoms with Gasteiger partial charge in [0.2, 0.25) is 0 Å². The normalized spacial score (nSPS) is 20.7. The van der Waals surface area contributed by atoms with Crippen molar-refractivity contribution in [1.82, 2.24) is 15.6 Å². The number of guanidine groups is 1. The molecule has 6 heteroatoms. The molecule has 0 aliphatic heterocycles. The Bertz CT molecular complexity index is 472. The Morgan fingerprint density at radius 2 is 2.23 bits per heavy atom. The summed E-state index contributed by atoms with van der Waals surface area (Å²) in [5.41, 5.74) is 1.17. The summed E-state index contributed by atoms with van der Waals surface area (Å²) in [5, 5.41) is 10.1. The van der Waals surface area contributed by atoms with Crippen LogP contribution >= 0.6 is 35.3 Å². The number of hydrogen-bond acceptors (Lipinski definition) is 3. The fourth-order valence-electron chi connectivity index (χ4n) is 2.42. The first-order valence-electron chi connectivity index (χ1n) is 8.13. The number of aromatic nitrogens is 1. The smallest absolute Gasteiger partial charge is 0.191 e. The zero-order valence-corrected chi connectivity index (χ0v) is 17.2. The van der Waals surface area contributed by atoms with E-state index in [4.69, 9.17) is 0 Å². The van der Waals surface area contributed by atoms with Crippen LogP contribution in [0.4, 0.5) is 0 Å². The predicted molar refractivity (Wildman–Crippen MR) is 106 cm³/mol. The van der Waals surface area contributed by atoms with Crippen molar-refractivity contribution in [2.24, 2.45) is 10.9 Å². The van der Waals surface area contributed by atoms with Gasteiger partial charge in [-0.1, -0.05) is 27.2 Å². The van der Waals surface area contributed by atoms with Gasteiger partial charge in [-0.15, -0.1) is 35.3 Å². The number of thiazole rings is 1. The third kappa shape index (κ3) is 6.02. The molecule has 0 bridgehead atoms. The lowest BCUT2D eigenvalue weighted by Crippen LogP contribution is -2.39. The van der Waals surface area contributed by atoms with E-state index in [1.165, 1.54) is 25.0 Å². The quantitative estimate of drug-likeness (QED) is 0.384. The van der Waals surface area contributed by atoms with E-state index in [-0.39, 0.29) is 24.0 Å². The summed E-state index contributed by atoms with van der Waals surface area (Å²) in [5.74, 6) is 2.26. The van der Waals surface area contributed by atoms with Crippen molar-refractivity contribution in [1.29, 1.82) is 0 Å². The topological polar surface area (TPSA) is 49.3 Å². The van der Waals surface area contributed by atoms with Gasteiger partial charge in [0.15, 0.2) is 5.96 Å². The van der Waals surface area contributed by atoms with Crippen molar-refractivity contribution in [3.8, 4) is 0 Å². The van der Waals surface area contributed by atoms with E-state index in [9.17, 15) is 0 Å². The highest BCUT2D eigenvalue weighted by Gasteiger charge is 2.36. The van der Waals surface area contributed by atoms with Gasteiger partial charge in [-0.25, -0.2) is 9.98 Å². The Hall–Kier alpha value is -0.370. The summed E-state index contributed by atoms with van der Waals surface area (Å²) < 4.78 is 0. The molecule has 1 heterocycles. The molecule has 2 rings (SSSR count). The molecule has 2 atom stereocenters. The molecule has 1 saturated carbocycles. The molecule has 2 unspecified atom stereocenters. The number of aliphatic imine (C=N–C) groups is 1. The summed E-state index contributed by atoms with van der Waals surface area (Å²) in [4.78, 5) is 9.31. The molecule has 0 radical (unpaired) electrons. The van der Waals surface area contributed by atoms with E-state index in [1.807, 2.05) is 0 Å². The maximum Gasteiger partial charge on any atom is 0.191 e. The van der Waals surface area contributed by atoms with Crippen LogP contribution in [-0.4, -0.2) is 23.5 Å². The molecule has 0 saturated heterocycles. The van der Waals surface area contributed by atoms with Crippen molar-refractivity contribution >= 4 is 41.3 Å². The SMILES string of the molecule is CCCC1CC1NC(=NCc1nc(C(C)C)cs1)NCC.I. The fraction of sp³-hybridized carbons (Fsp3) is 0.750. The second-order valence-corrected chi connectivity index (χ2v) is 6.99. The molecule has 0 spiro atoms. The van der Waals surface area contributed by atoms with Crippen molar-refractivity contribution in [2.45, 2.75) is 65.5 Å². The van der Waals surface area contributed by atoms with Gasteiger partial charge < -0.3 is 10.6 Å². The highest BCUT2D eigenvalue weighted by atomic mass is 127. The second-order valence-electron chi connectivity index (χ2n) is 6.05. The standard InChI is InChI=1S/C16H28N4S.HI/c1-5-7-12-8-13(12)20-16(17-6-2)18-9-15-19-14(10-21-15)11(3)4;/h10-13H,5-9H2,1-4H3,(H2,17,18,20);1H. The van der Waals surface area contributed by atoms with E-state index in [0.29, 0.717) is 18.5 Å². The highest BCUT2D eigenvalue weighted by Crippen LogP contribution is 2.34. The second kappa shape index (κ2) is 9.70. The van der Waals surface area contributed by atoms with Gasteiger partial charge in [0.1, 0.15) is 5.01 Å². The van der Waals surface area contributed by atoms with Crippen molar-refractivity contribution in [3.63, 3.8) is 0 Å². The number of nitrogens with zero attached hydrogens (tertiary/aromatic N) is 2. The van der Waals surface area contributed by atoms with Crippen molar-refractivity contribution in [3.05, 3.63) is 16.1 Å². The third-order valence-corrected chi connectivity index (χ3v) is 4.63. The van der Waals surface area contributed by atoms with Crippen LogP contribution in [0.15, 0.2) is 10.4 Å². The monoisotopic (exact) mass is 436 g/mol. The summed E-state index contributed by atoms with van der Waals surface area (Å²) in [7, 11) is 0. The average Bonchev–Trinajstić information content (AvgIpc) is 3.00. The predicted octanol–water partition coefficient (Wildman–Crippen LogP) is 4.13. The number of halogens is 1. The van der Waals surface area contributed by atoms with Crippen LogP contribution in [0.5, 0.6) is 0 Å². The molecule has 126 valence electrons. The largest absolute Gasteiger partial charge is 0.357 e. The van der Waals surface area contributed by atoms with Gasteiger partial charge in [0, 0.05) is 18.0 Å². The minimum absolute atomic E-state index is 0. The lowest BCUT2D eigenvalue weighted by molar-refractivity contribution is 0.655. The summed E-state index contributed by atoms with van der Waals surface area (Å²) >= 11 is 1.71. The molecule has 4 nitrogen and oxygen atoms in total. The molecule has 0 aromatic carbocycles. The lowest BCUT2D eigenvalue weighted by Gasteiger charge is -2.10. The van der Waals surface area contributed by atoms with Crippen LogP contribution < -0.4 is 10.6 Å². The maximum absolute atomic E-state index is 4.67. The van der Waals surface area contributed by atoms with Gasteiger partial charge in [-0.2, -0.15) is 0 Å². The number of rotatable bonds is 7. The Kier molecular flexibility index (Phi) is 8.67. The van der Waals surface area contributed by atoms with Crippen LogP contribution in [0.1, 0.15) is 63.6 Å². The van der Waals surface area contributed by atoms with Crippen LogP contribution in [-0.2, 0) is 6.54 Å². The van der Waals surface area contributed by atoms with Crippen molar-refractivity contribution in [2.75, 3.05) is 6.54 Å². The molecule has 0 amide bonds. The first-order chi connectivity index (χ1) is 10.1. The van der Waals surface area contributed by atoms with Crippen LogP contribution in [0.25, 0.3) is 0 Å². The first-order valence-corrected chi connectivity index (χ1v) is 9.01. The van der Waals surface area contributed by atoms with Gasteiger partial charge in [0.25, 0.3) is 0 Å². The molecule has 1 aromatic heterocycles. The molecule has 1 aromatic rings. The van der Waals surface area contributed by atoms with E-state index < -0.39 is 0 Å². The highest BCUT2D eigenvalue weighted by molar-refractivity contribution is 14.0. The van der Waals surface area contributed by atoms with Crippen molar-refractivity contribution < 1.29 is 0 Å². The van der Waals surface area contributed by atoms with E-state index >= 15 is 0 Å². The van der Waals surface area contributed by atoms with E-state index in [2.05, 4.69) is 53.7 Å². The van der Waals surface area contributed by atoms with Gasteiger partial charge >= 0.3 is 0 Å². The average molecular weight is 436 g/mol. The Morgan fingerprint density at radius 3 is 2.82 bits per heavy atom. The molecule has 1 fully saturated rings. The Labute approximate surface area is 155 Å². The molecule has 1 aliphatic rings. The number of hydrogen-bond donors (Lipinski definition) is 2. The Morgan fingerprint density at radius 1 is 1.45 bits per heavy atom. The zero-order valence-electron chi connectivity index (χ0n) is 14.1.